The van der Waals surface area contributed by atoms with E-state index in [1.54, 1.807) is 30.3 Å². The second-order valence-corrected chi connectivity index (χ2v) is 4.81. The van der Waals surface area contributed by atoms with Crippen LogP contribution in [0.25, 0.3) is 0 Å². The minimum atomic E-state index is -0.948. The Morgan fingerprint density at radius 3 is 2.37 bits per heavy atom. The Morgan fingerprint density at radius 2 is 1.74 bits per heavy atom. The lowest BCUT2D eigenvalue weighted by molar-refractivity contribution is 0.214. The summed E-state index contributed by atoms with van der Waals surface area (Å²) in [7, 11) is 0. The third kappa shape index (κ3) is 2.76. The predicted molar refractivity (Wildman–Crippen MR) is 70.6 cm³/mol. The van der Waals surface area contributed by atoms with Crippen molar-refractivity contribution in [2.45, 2.75) is 25.0 Å². The number of ether oxygens (including phenoxy) is 1. The van der Waals surface area contributed by atoms with Gasteiger partial charge in [-0.3, -0.25) is 0 Å². The molecule has 2 aromatic rings. The average molecular weight is 258 g/mol. The third-order valence-electron chi connectivity index (χ3n) is 3.22. The number of aliphatic hydroxyl groups is 1. The van der Waals surface area contributed by atoms with Crippen LogP contribution in [-0.4, -0.2) is 11.2 Å². The van der Waals surface area contributed by atoms with E-state index in [1.807, 2.05) is 12.1 Å². The first kappa shape index (κ1) is 12.2. The highest BCUT2D eigenvalue weighted by atomic mass is 19.1. The van der Waals surface area contributed by atoms with Crippen molar-refractivity contribution in [1.29, 1.82) is 0 Å². The molecule has 98 valence electrons. The number of benzene rings is 2. The SMILES string of the molecule is OC(c1ccc(OC2CC2)cc1)c1ccccc1F. The van der Waals surface area contributed by atoms with Gasteiger partial charge >= 0.3 is 0 Å². The van der Waals surface area contributed by atoms with Crippen molar-refractivity contribution < 1.29 is 14.2 Å². The number of hydrogen-bond acceptors (Lipinski definition) is 2. The molecule has 3 rings (SSSR count). The molecule has 1 fully saturated rings. The standard InChI is InChI=1S/C16H15FO2/c17-15-4-2-1-3-14(15)16(18)11-5-7-12(8-6-11)19-13-9-10-13/h1-8,13,16,18H,9-10H2. The van der Waals surface area contributed by atoms with E-state index in [-0.39, 0.29) is 0 Å². The van der Waals surface area contributed by atoms with E-state index < -0.39 is 11.9 Å². The van der Waals surface area contributed by atoms with E-state index in [2.05, 4.69) is 0 Å². The summed E-state index contributed by atoms with van der Waals surface area (Å²) in [6, 6.07) is 13.4. The van der Waals surface area contributed by atoms with E-state index >= 15 is 0 Å². The predicted octanol–water partition coefficient (Wildman–Crippen LogP) is 3.45. The lowest BCUT2D eigenvalue weighted by atomic mass is 10.0. The van der Waals surface area contributed by atoms with Crippen LogP contribution in [0.5, 0.6) is 5.75 Å². The molecule has 1 aliphatic rings. The van der Waals surface area contributed by atoms with Gasteiger partial charge in [0.05, 0.1) is 6.10 Å². The second-order valence-electron chi connectivity index (χ2n) is 4.81. The summed E-state index contributed by atoms with van der Waals surface area (Å²) in [5.41, 5.74) is 0.951. The first-order valence-electron chi connectivity index (χ1n) is 6.43. The molecule has 2 aromatic carbocycles. The maximum Gasteiger partial charge on any atom is 0.129 e. The molecule has 0 aliphatic heterocycles. The fraction of sp³-hybridized carbons (Fsp3) is 0.250. The van der Waals surface area contributed by atoms with Crippen LogP contribution in [0.1, 0.15) is 30.1 Å². The van der Waals surface area contributed by atoms with Gasteiger partial charge in [-0.1, -0.05) is 30.3 Å². The summed E-state index contributed by atoms with van der Waals surface area (Å²) in [6.45, 7) is 0. The summed E-state index contributed by atoms with van der Waals surface area (Å²) < 4.78 is 19.2. The highest BCUT2D eigenvalue weighted by Gasteiger charge is 2.23. The van der Waals surface area contributed by atoms with Crippen LogP contribution in [0.2, 0.25) is 0 Å². The number of aliphatic hydroxyl groups excluding tert-OH is 1. The smallest absolute Gasteiger partial charge is 0.129 e. The van der Waals surface area contributed by atoms with Gasteiger partial charge in [-0.2, -0.15) is 0 Å². The molecule has 1 atom stereocenters. The maximum absolute atomic E-state index is 13.6. The zero-order valence-electron chi connectivity index (χ0n) is 10.4. The molecule has 0 saturated heterocycles. The highest BCUT2D eigenvalue weighted by Crippen LogP contribution is 2.29. The fourth-order valence-corrected chi connectivity index (χ4v) is 1.98. The Kier molecular flexibility index (Phi) is 3.22. The van der Waals surface area contributed by atoms with Gasteiger partial charge in [0.15, 0.2) is 0 Å². The van der Waals surface area contributed by atoms with Gasteiger partial charge in [-0.15, -0.1) is 0 Å². The minimum absolute atomic E-state index is 0.290. The van der Waals surface area contributed by atoms with E-state index in [4.69, 9.17) is 4.74 Å². The van der Waals surface area contributed by atoms with Gasteiger partial charge in [-0.05, 0) is 36.6 Å². The molecule has 0 radical (unpaired) electrons. The molecule has 0 aromatic heterocycles. The monoisotopic (exact) mass is 258 g/mol. The molecule has 2 nitrogen and oxygen atoms in total. The maximum atomic E-state index is 13.6. The van der Waals surface area contributed by atoms with Crippen molar-refractivity contribution >= 4 is 0 Å². The lowest BCUT2D eigenvalue weighted by Gasteiger charge is -2.13. The van der Waals surface area contributed by atoms with E-state index in [1.165, 1.54) is 6.07 Å². The lowest BCUT2D eigenvalue weighted by Crippen LogP contribution is -2.02. The van der Waals surface area contributed by atoms with Crippen molar-refractivity contribution in [1.82, 2.24) is 0 Å². The third-order valence-corrected chi connectivity index (χ3v) is 3.22. The fourth-order valence-electron chi connectivity index (χ4n) is 1.98. The molecule has 1 unspecified atom stereocenters. The van der Waals surface area contributed by atoms with Crippen LogP contribution >= 0.6 is 0 Å². The van der Waals surface area contributed by atoms with Gasteiger partial charge in [0.2, 0.25) is 0 Å². The first-order chi connectivity index (χ1) is 9.24. The molecule has 0 spiro atoms. The number of rotatable bonds is 4. The summed E-state index contributed by atoms with van der Waals surface area (Å²) in [5, 5.41) is 10.2. The van der Waals surface area contributed by atoms with Crippen LogP contribution in [0.3, 0.4) is 0 Å². The Labute approximate surface area is 111 Å². The van der Waals surface area contributed by atoms with Crippen molar-refractivity contribution in [3.8, 4) is 5.75 Å². The summed E-state index contributed by atoms with van der Waals surface area (Å²) in [4.78, 5) is 0. The molecule has 19 heavy (non-hydrogen) atoms. The Hall–Kier alpha value is -1.87. The Morgan fingerprint density at radius 1 is 1.05 bits per heavy atom. The molecule has 1 aliphatic carbocycles. The summed E-state index contributed by atoms with van der Waals surface area (Å²) >= 11 is 0. The van der Waals surface area contributed by atoms with Crippen molar-refractivity contribution in [2.24, 2.45) is 0 Å². The highest BCUT2D eigenvalue weighted by molar-refractivity contribution is 5.34. The zero-order chi connectivity index (χ0) is 13.2. The quantitative estimate of drug-likeness (QED) is 0.910. The van der Waals surface area contributed by atoms with Crippen molar-refractivity contribution in [3.05, 3.63) is 65.5 Å². The molecule has 1 saturated carbocycles. The van der Waals surface area contributed by atoms with Crippen LogP contribution in [-0.2, 0) is 0 Å². The topological polar surface area (TPSA) is 29.5 Å². The van der Waals surface area contributed by atoms with Gasteiger partial charge in [0.25, 0.3) is 0 Å². The second kappa shape index (κ2) is 5.02. The molecule has 0 heterocycles. The van der Waals surface area contributed by atoms with Crippen molar-refractivity contribution in [3.63, 3.8) is 0 Å². The first-order valence-corrected chi connectivity index (χ1v) is 6.43. The van der Waals surface area contributed by atoms with Gasteiger partial charge in [0.1, 0.15) is 17.7 Å². The molecule has 1 N–H and O–H groups in total. The van der Waals surface area contributed by atoms with E-state index in [0.29, 0.717) is 17.2 Å². The molecule has 0 amide bonds. The molecule has 3 heteroatoms. The molecular formula is C16H15FO2. The summed E-state index contributed by atoms with van der Waals surface area (Å²) in [5.74, 6) is 0.403. The average Bonchev–Trinajstić information content (AvgIpc) is 3.23. The van der Waals surface area contributed by atoms with Crippen LogP contribution in [0, 0.1) is 5.82 Å². The Balaban J connectivity index is 1.79. The van der Waals surface area contributed by atoms with Crippen LogP contribution in [0.4, 0.5) is 4.39 Å². The van der Waals surface area contributed by atoms with Crippen LogP contribution < -0.4 is 4.74 Å². The zero-order valence-corrected chi connectivity index (χ0v) is 10.4. The van der Waals surface area contributed by atoms with E-state index in [9.17, 15) is 9.50 Å². The number of halogens is 1. The molecule has 0 bridgehead atoms. The van der Waals surface area contributed by atoms with Crippen LogP contribution in [0.15, 0.2) is 48.5 Å². The normalized spacial score (nSPS) is 16.1. The van der Waals surface area contributed by atoms with Gasteiger partial charge < -0.3 is 9.84 Å². The summed E-state index contributed by atoms with van der Waals surface area (Å²) in [6.07, 6.45) is 1.62. The minimum Gasteiger partial charge on any atom is -0.490 e. The molecular weight excluding hydrogens is 243 g/mol. The van der Waals surface area contributed by atoms with Gasteiger partial charge in [0, 0.05) is 5.56 Å². The Bertz CT molecular complexity index is 561. The number of hydrogen-bond donors (Lipinski definition) is 1. The van der Waals surface area contributed by atoms with Gasteiger partial charge in [-0.25, -0.2) is 4.39 Å². The van der Waals surface area contributed by atoms with Crippen molar-refractivity contribution in [2.75, 3.05) is 0 Å². The van der Waals surface area contributed by atoms with E-state index in [0.717, 1.165) is 18.6 Å². The largest absolute Gasteiger partial charge is 0.490 e.